The van der Waals surface area contributed by atoms with E-state index in [1.807, 2.05) is 66.9 Å². The summed E-state index contributed by atoms with van der Waals surface area (Å²) in [6, 6.07) is 23.2. The Labute approximate surface area is 191 Å². The zero-order valence-corrected chi connectivity index (χ0v) is 18.7. The summed E-state index contributed by atoms with van der Waals surface area (Å²) in [5.41, 5.74) is 3.45. The fourth-order valence-corrected chi connectivity index (χ4v) is 4.79. The van der Waals surface area contributed by atoms with Crippen LogP contribution in [0.25, 0.3) is 11.3 Å². The van der Waals surface area contributed by atoms with E-state index in [2.05, 4.69) is 4.72 Å². The zero-order chi connectivity index (χ0) is 23.4. The number of nitrogens with one attached hydrogen (secondary N) is 1. The summed E-state index contributed by atoms with van der Waals surface area (Å²) < 4.78 is 30.3. The highest BCUT2D eigenvalue weighted by molar-refractivity contribution is 7.89. The number of hydrogen-bond acceptors (Lipinski definition) is 5. The number of aromatic nitrogens is 2. The van der Waals surface area contributed by atoms with Crippen LogP contribution < -0.4 is 4.72 Å². The van der Waals surface area contributed by atoms with Gasteiger partial charge in [0.05, 0.1) is 22.1 Å². The third kappa shape index (κ3) is 5.16. The van der Waals surface area contributed by atoms with Crippen molar-refractivity contribution in [3.8, 4) is 11.3 Å². The van der Waals surface area contributed by atoms with Crippen molar-refractivity contribution in [1.82, 2.24) is 14.5 Å². The smallest absolute Gasteiger partial charge is 0.267 e. The first-order chi connectivity index (χ1) is 15.8. The molecule has 1 N–H and O–H groups in total. The molecule has 0 aliphatic rings. The van der Waals surface area contributed by atoms with Gasteiger partial charge in [0.2, 0.25) is 10.0 Å². The Hall–Kier alpha value is -3.82. The minimum Gasteiger partial charge on any atom is -0.267 e. The number of nitro groups is 1. The third-order valence-corrected chi connectivity index (χ3v) is 6.74. The van der Waals surface area contributed by atoms with Gasteiger partial charge in [0, 0.05) is 36.0 Å². The summed E-state index contributed by atoms with van der Waals surface area (Å²) in [5.74, 6) is 0. The Morgan fingerprint density at radius 3 is 2.33 bits per heavy atom. The molecule has 0 saturated carbocycles. The monoisotopic (exact) mass is 462 g/mol. The van der Waals surface area contributed by atoms with Crippen LogP contribution in [0.1, 0.15) is 16.7 Å². The predicted molar refractivity (Wildman–Crippen MR) is 125 cm³/mol. The second-order valence-corrected chi connectivity index (χ2v) is 9.32. The topological polar surface area (TPSA) is 107 Å². The lowest BCUT2D eigenvalue weighted by Crippen LogP contribution is -2.24. The van der Waals surface area contributed by atoms with Gasteiger partial charge in [-0.3, -0.25) is 14.8 Å². The van der Waals surface area contributed by atoms with Crippen LogP contribution in [0.3, 0.4) is 0 Å². The van der Waals surface area contributed by atoms with Crippen LogP contribution in [-0.4, -0.2) is 23.1 Å². The first kappa shape index (κ1) is 22.4. The van der Waals surface area contributed by atoms with Crippen molar-refractivity contribution >= 4 is 15.7 Å². The van der Waals surface area contributed by atoms with Crippen LogP contribution in [0.2, 0.25) is 0 Å². The summed E-state index contributed by atoms with van der Waals surface area (Å²) in [6.07, 6.45) is 1.82. The van der Waals surface area contributed by atoms with Gasteiger partial charge in [-0.15, -0.1) is 0 Å². The number of hydrogen-bond donors (Lipinski definition) is 1. The Morgan fingerprint density at radius 2 is 1.67 bits per heavy atom. The van der Waals surface area contributed by atoms with Crippen LogP contribution in [-0.2, 0) is 23.1 Å². The first-order valence-electron chi connectivity index (χ1n) is 10.2. The molecule has 0 bridgehead atoms. The molecule has 4 aromatic rings. The molecule has 0 radical (unpaired) electrons. The quantitative estimate of drug-likeness (QED) is 0.310. The molecular weight excluding hydrogens is 440 g/mol. The molecule has 3 aromatic carbocycles. The maximum atomic E-state index is 13.0. The van der Waals surface area contributed by atoms with Gasteiger partial charge >= 0.3 is 0 Å². The number of nitrogens with zero attached hydrogens (tertiary/aromatic N) is 3. The molecule has 0 spiro atoms. The van der Waals surface area contributed by atoms with E-state index in [4.69, 9.17) is 5.10 Å². The molecule has 0 aliphatic heterocycles. The van der Waals surface area contributed by atoms with Gasteiger partial charge < -0.3 is 0 Å². The second kappa shape index (κ2) is 9.35. The average molecular weight is 463 g/mol. The van der Waals surface area contributed by atoms with E-state index < -0.39 is 14.9 Å². The molecule has 33 heavy (non-hydrogen) atoms. The molecular formula is C24H22N4O4S. The highest BCUT2D eigenvalue weighted by atomic mass is 32.2. The minimum absolute atomic E-state index is 0.0104. The van der Waals surface area contributed by atoms with Gasteiger partial charge in [0.15, 0.2) is 0 Å². The fraction of sp³-hybridized carbons (Fsp3) is 0.125. The maximum Gasteiger partial charge on any atom is 0.270 e. The summed E-state index contributed by atoms with van der Waals surface area (Å²) in [5, 5.41) is 15.8. The number of aryl methyl sites for hydroxylation is 1. The van der Waals surface area contributed by atoms with Gasteiger partial charge in [0.25, 0.3) is 5.69 Å². The van der Waals surface area contributed by atoms with Crippen LogP contribution in [0.15, 0.2) is 90.0 Å². The highest BCUT2D eigenvalue weighted by Crippen LogP contribution is 2.25. The van der Waals surface area contributed by atoms with E-state index in [1.165, 1.54) is 12.1 Å². The fourth-order valence-electron chi connectivity index (χ4n) is 3.52. The van der Waals surface area contributed by atoms with Crippen LogP contribution in [0, 0.1) is 17.0 Å². The molecule has 1 aromatic heterocycles. The number of nitro benzene ring substituents is 1. The molecule has 4 rings (SSSR count). The Kier molecular flexibility index (Phi) is 6.34. The average Bonchev–Trinajstić information content (AvgIpc) is 3.21. The van der Waals surface area contributed by atoms with Crippen molar-refractivity contribution in [3.63, 3.8) is 0 Å². The number of benzene rings is 3. The van der Waals surface area contributed by atoms with E-state index in [-0.39, 0.29) is 17.1 Å². The maximum absolute atomic E-state index is 13.0. The van der Waals surface area contributed by atoms with Crippen molar-refractivity contribution in [3.05, 3.63) is 112 Å². The van der Waals surface area contributed by atoms with Crippen molar-refractivity contribution in [2.75, 3.05) is 0 Å². The SMILES string of the molecule is Cc1ccc([N+](=O)[O-])cc1S(=O)(=O)NCc1cn(Cc2ccccc2)nc1-c1ccccc1. The van der Waals surface area contributed by atoms with Crippen molar-refractivity contribution in [1.29, 1.82) is 0 Å². The Bertz CT molecular complexity index is 1380. The summed E-state index contributed by atoms with van der Waals surface area (Å²) >= 11 is 0. The Balaban J connectivity index is 1.64. The number of non-ortho nitro benzene ring substituents is 1. The molecule has 0 fully saturated rings. The molecule has 0 saturated heterocycles. The minimum atomic E-state index is -3.99. The van der Waals surface area contributed by atoms with Crippen molar-refractivity contribution in [2.24, 2.45) is 0 Å². The van der Waals surface area contributed by atoms with Gasteiger partial charge in [0.1, 0.15) is 0 Å². The van der Waals surface area contributed by atoms with E-state index in [9.17, 15) is 18.5 Å². The molecule has 8 nitrogen and oxygen atoms in total. The van der Waals surface area contributed by atoms with E-state index in [1.54, 1.807) is 11.6 Å². The molecule has 0 aliphatic carbocycles. The largest absolute Gasteiger partial charge is 0.270 e. The molecule has 168 valence electrons. The van der Waals surface area contributed by atoms with Gasteiger partial charge in [-0.1, -0.05) is 66.7 Å². The highest BCUT2D eigenvalue weighted by Gasteiger charge is 2.22. The summed E-state index contributed by atoms with van der Waals surface area (Å²) in [7, 11) is -3.99. The molecule has 0 amide bonds. The van der Waals surface area contributed by atoms with Gasteiger partial charge in [-0.05, 0) is 18.1 Å². The third-order valence-electron chi connectivity index (χ3n) is 5.20. The van der Waals surface area contributed by atoms with Crippen molar-refractivity contribution in [2.45, 2.75) is 24.9 Å². The van der Waals surface area contributed by atoms with Crippen molar-refractivity contribution < 1.29 is 13.3 Å². The van der Waals surface area contributed by atoms with E-state index >= 15 is 0 Å². The van der Waals surface area contributed by atoms with Gasteiger partial charge in [-0.2, -0.15) is 5.10 Å². The van der Waals surface area contributed by atoms with Gasteiger partial charge in [-0.25, -0.2) is 13.1 Å². The zero-order valence-electron chi connectivity index (χ0n) is 17.9. The number of rotatable bonds is 8. The Morgan fingerprint density at radius 1 is 1.00 bits per heavy atom. The predicted octanol–water partition coefficient (Wildman–Crippen LogP) is 4.29. The molecule has 1 heterocycles. The molecule has 0 atom stereocenters. The molecule has 0 unspecified atom stereocenters. The second-order valence-electron chi connectivity index (χ2n) is 7.58. The van der Waals surface area contributed by atoms with Crippen LogP contribution in [0.4, 0.5) is 5.69 Å². The number of sulfonamides is 1. The molecule has 9 heteroatoms. The lowest BCUT2D eigenvalue weighted by atomic mass is 10.1. The standard InChI is InChI=1S/C24H22N4O4S/c1-18-12-13-22(28(29)30)14-23(18)33(31,32)25-15-21-17-27(16-19-8-4-2-5-9-19)26-24(21)20-10-6-3-7-11-20/h2-14,17,25H,15-16H2,1H3. The lowest BCUT2D eigenvalue weighted by molar-refractivity contribution is -0.385. The normalized spacial score (nSPS) is 11.4. The summed E-state index contributed by atoms with van der Waals surface area (Å²) in [6.45, 7) is 2.13. The van der Waals surface area contributed by atoms with E-state index in [0.717, 1.165) is 17.2 Å². The van der Waals surface area contributed by atoms with Crippen LogP contribution >= 0.6 is 0 Å². The lowest BCUT2D eigenvalue weighted by Gasteiger charge is -2.09. The first-order valence-corrected chi connectivity index (χ1v) is 11.7. The summed E-state index contributed by atoms with van der Waals surface area (Å²) in [4.78, 5) is 10.4. The van der Waals surface area contributed by atoms with Crippen LogP contribution in [0.5, 0.6) is 0 Å². The van der Waals surface area contributed by atoms with E-state index in [0.29, 0.717) is 23.4 Å².